The molecule has 2 saturated heterocycles. The van der Waals surface area contributed by atoms with Crippen LogP contribution in [0.25, 0.3) is 0 Å². The summed E-state index contributed by atoms with van der Waals surface area (Å²) in [5.74, 6) is 0.647. The molecule has 0 N–H and O–H groups in total. The Balaban J connectivity index is 1.25. The highest BCUT2D eigenvalue weighted by molar-refractivity contribution is 5.54. The second-order valence-electron chi connectivity index (χ2n) is 8.50. The van der Waals surface area contributed by atoms with E-state index in [1.165, 1.54) is 30.5 Å². The molecule has 0 radical (unpaired) electrons. The van der Waals surface area contributed by atoms with E-state index in [-0.39, 0.29) is 5.79 Å². The topological polar surface area (TPSA) is 28.2 Å². The molecule has 0 aromatic heterocycles. The number of benzene rings is 1. The zero-order chi connectivity index (χ0) is 17.6. The van der Waals surface area contributed by atoms with Gasteiger partial charge in [-0.25, -0.2) is 0 Å². The molecular formula is C21H31N3O2. The SMILES string of the molecule is CN1CCN(c2ccc3c(c2)COC2(CCN(C4CCC4)CC2)O3)CC1. The first kappa shape index (κ1) is 16.8. The van der Waals surface area contributed by atoms with Crippen LogP contribution in [0.5, 0.6) is 5.75 Å². The number of piperidine rings is 1. The summed E-state index contributed by atoms with van der Waals surface area (Å²) >= 11 is 0. The lowest BCUT2D eigenvalue weighted by Gasteiger charge is -2.47. The summed E-state index contributed by atoms with van der Waals surface area (Å²) in [6.07, 6.45) is 6.15. The van der Waals surface area contributed by atoms with E-state index >= 15 is 0 Å². The van der Waals surface area contributed by atoms with Crippen LogP contribution in [0, 0.1) is 0 Å². The Labute approximate surface area is 156 Å². The second-order valence-corrected chi connectivity index (χ2v) is 8.50. The third-order valence-corrected chi connectivity index (χ3v) is 6.85. The molecule has 3 heterocycles. The van der Waals surface area contributed by atoms with Gasteiger partial charge in [-0.15, -0.1) is 0 Å². The molecule has 0 unspecified atom stereocenters. The average molecular weight is 357 g/mol. The van der Waals surface area contributed by atoms with Crippen LogP contribution in [0.3, 0.4) is 0 Å². The van der Waals surface area contributed by atoms with Crippen LogP contribution in [0.4, 0.5) is 5.69 Å². The molecule has 0 bridgehead atoms. The molecule has 1 spiro atoms. The Morgan fingerprint density at radius 1 is 1.00 bits per heavy atom. The largest absolute Gasteiger partial charge is 0.462 e. The number of fused-ring (bicyclic) bond motifs is 1. The highest BCUT2D eigenvalue weighted by atomic mass is 16.7. The summed E-state index contributed by atoms with van der Waals surface area (Å²) in [6.45, 7) is 7.35. The lowest BCUT2D eigenvalue weighted by atomic mass is 9.89. The Morgan fingerprint density at radius 3 is 2.46 bits per heavy atom. The Kier molecular flexibility index (Phi) is 4.34. The van der Waals surface area contributed by atoms with Crippen molar-refractivity contribution in [1.82, 2.24) is 9.80 Å². The van der Waals surface area contributed by atoms with E-state index in [4.69, 9.17) is 9.47 Å². The van der Waals surface area contributed by atoms with E-state index in [0.29, 0.717) is 6.61 Å². The molecule has 5 rings (SSSR count). The van der Waals surface area contributed by atoms with E-state index in [9.17, 15) is 0 Å². The third kappa shape index (κ3) is 3.10. The minimum absolute atomic E-state index is 0.386. The number of likely N-dealkylation sites (N-methyl/N-ethyl adjacent to an activating group) is 1. The molecule has 0 atom stereocenters. The summed E-state index contributed by atoms with van der Waals surface area (Å²) in [4.78, 5) is 7.51. The first-order valence-electron chi connectivity index (χ1n) is 10.3. The number of likely N-dealkylation sites (tertiary alicyclic amines) is 1. The van der Waals surface area contributed by atoms with Gasteiger partial charge in [0, 0.05) is 69.4 Å². The van der Waals surface area contributed by atoms with Gasteiger partial charge in [0.2, 0.25) is 5.79 Å². The molecule has 142 valence electrons. The van der Waals surface area contributed by atoms with Crippen molar-refractivity contribution in [2.45, 2.75) is 50.5 Å². The van der Waals surface area contributed by atoms with Gasteiger partial charge in [0.1, 0.15) is 5.75 Å². The van der Waals surface area contributed by atoms with Crippen molar-refractivity contribution < 1.29 is 9.47 Å². The molecule has 3 aliphatic heterocycles. The van der Waals surface area contributed by atoms with Gasteiger partial charge >= 0.3 is 0 Å². The van der Waals surface area contributed by atoms with Crippen LogP contribution in [-0.4, -0.2) is 67.9 Å². The number of nitrogens with zero attached hydrogens (tertiary/aromatic N) is 3. The first-order chi connectivity index (χ1) is 12.7. The molecule has 4 aliphatic rings. The van der Waals surface area contributed by atoms with Gasteiger partial charge in [-0.3, -0.25) is 4.90 Å². The smallest absolute Gasteiger partial charge is 0.213 e. The average Bonchev–Trinajstić information content (AvgIpc) is 2.63. The Bertz CT molecular complexity index is 645. The number of ether oxygens (including phenoxy) is 2. The van der Waals surface area contributed by atoms with Crippen LogP contribution in [0.15, 0.2) is 18.2 Å². The van der Waals surface area contributed by atoms with E-state index in [0.717, 1.165) is 63.9 Å². The van der Waals surface area contributed by atoms with Gasteiger partial charge in [0.15, 0.2) is 0 Å². The molecule has 1 saturated carbocycles. The summed E-state index contributed by atoms with van der Waals surface area (Å²) in [5, 5.41) is 0. The van der Waals surface area contributed by atoms with E-state index in [1.54, 1.807) is 0 Å². The van der Waals surface area contributed by atoms with Crippen molar-refractivity contribution in [3.63, 3.8) is 0 Å². The fourth-order valence-electron chi connectivity index (χ4n) is 4.71. The lowest BCUT2D eigenvalue weighted by Crippen LogP contribution is -2.54. The maximum absolute atomic E-state index is 6.42. The molecule has 5 nitrogen and oxygen atoms in total. The molecule has 5 heteroatoms. The van der Waals surface area contributed by atoms with E-state index in [2.05, 4.69) is 39.9 Å². The fourth-order valence-corrected chi connectivity index (χ4v) is 4.71. The van der Waals surface area contributed by atoms with Crippen molar-refractivity contribution in [3.8, 4) is 5.75 Å². The number of rotatable bonds is 2. The molecule has 26 heavy (non-hydrogen) atoms. The van der Waals surface area contributed by atoms with Crippen LogP contribution in [0.2, 0.25) is 0 Å². The van der Waals surface area contributed by atoms with Crippen molar-refractivity contribution in [1.29, 1.82) is 0 Å². The minimum Gasteiger partial charge on any atom is -0.462 e. The molecule has 1 aromatic rings. The van der Waals surface area contributed by atoms with Gasteiger partial charge in [-0.2, -0.15) is 0 Å². The van der Waals surface area contributed by atoms with E-state index in [1.807, 2.05) is 0 Å². The Morgan fingerprint density at radius 2 is 1.77 bits per heavy atom. The number of hydrogen-bond donors (Lipinski definition) is 0. The second kappa shape index (κ2) is 6.70. The van der Waals surface area contributed by atoms with Crippen LogP contribution >= 0.6 is 0 Å². The zero-order valence-corrected chi connectivity index (χ0v) is 16.0. The third-order valence-electron chi connectivity index (χ3n) is 6.85. The minimum atomic E-state index is -0.386. The first-order valence-corrected chi connectivity index (χ1v) is 10.3. The Hall–Kier alpha value is -1.30. The normalized spacial score (nSPS) is 27.0. The molecule has 3 fully saturated rings. The van der Waals surface area contributed by atoms with Gasteiger partial charge in [0.25, 0.3) is 0 Å². The van der Waals surface area contributed by atoms with Crippen molar-refractivity contribution in [3.05, 3.63) is 23.8 Å². The molecule has 1 aliphatic carbocycles. The molecule has 1 aromatic carbocycles. The fraction of sp³-hybridized carbons (Fsp3) is 0.714. The van der Waals surface area contributed by atoms with Gasteiger partial charge in [0.05, 0.1) is 6.61 Å². The number of hydrogen-bond acceptors (Lipinski definition) is 5. The molecular weight excluding hydrogens is 326 g/mol. The molecule has 0 amide bonds. The zero-order valence-electron chi connectivity index (χ0n) is 16.0. The predicted octanol–water partition coefficient (Wildman–Crippen LogP) is 2.69. The van der Waals surface area contributed by atoms with Gasteiger partial charge in [-0.05, 0) is 38.1 Å². The summed E-state index contributed by atoms with van der Waals surface area (Å²) in [6, 6.07) is 7.50. The van der Waals surface area contributed by atoms with Crippen LogP contribution in [0.1, 0.15) is 37.7 Å². The monoisotopic (exact) mass is 357 g/mol. The lowest BCUT2D eigenvalue weighted by molar-refractivity contribution is -0.231. The van der Waals surface area contributed by atoms with Crippen molar-refractivity contribution in [2.75, 3.05) is 51.2 Å². The highest BCUT2D eigenvalue weighted by Crippen LogP contribution is 2.40. The summed E-state index contributed by atoms with van der Waals surface area (Å²) < 4.78 is 12.7. The quantitative estimate of drug-likeness (QED) is 0.812. The summed E-state index contributed by atoms with van der Waals surface area (Å²) in [7, 11) is 2.20. The van der Waals surface area contributed by atoms with Crippen molar-refractivity contribution >= 4 is 5.69 Å². The maximum atomic E-state index is 6.42. The number of anilines is 1. The number of piperazine rings is 1. The standard InChI is InChI=1S/C21H31N3O2/c1-22-11-13-24(14-12-22)19-5-6-20-17(15-19)16-25-21(26-20)7-9-23(10-8-21)18-3-2-4-18/h5-6,15,18H,2-4,7-14,16H2,1H3. The highest BCUT2D eigenvalue weighted by Gasteiger charge is 2.42. The van der Waals surface area contributed by atoms with Crippen molar-refractivity contribution in [2.24, 2.45) is 0 Å². The van der Waals surface area contributed by atoms with Crippen LogP contribution < -0.4 is 9.64 Å². The van der Waals surface area contributed by atoms with Gasteiger partial charge < -0.3 is 19.3 Å². The predicted molar refractivity (Wildman–Crippen MR) is 103 cm³/mol. The maximum Gasteiger partial charge on any atom is 0.213 e. The van der Waals surface area contributed by atoms with Crippen LogP contribution in [-0.2, 0) is 11.3 Å². The van der Waals surface area contributed by atoms with Gasteiger partial charge in [-0.1, -0.05) is 6.42 Å². The van der Waals surface area contributed by atoms with E-state index < -0.39 is 0 Å². The summed E-state index contributed by atoms with van der Waals surface area (Å²) in [5.41, 5.74) is 2.51.